The minimum atomic E-state index is -2.68. The summed E-state index contributed by atoms with van der Waals surface area (Å²) in [6.45, 7) is 1.63. The quantitative estimate of drug-likeness (QED) is 0.642. The van der Waals surface area contributed by atoms with Crippen LogP contribution < -0.4 is 9.58 Å². The highest BCUT2D eigenvalue weighted by molar-refractivity contribution is 6.28. The summed E-state index contributed by atoms with van der Waals surface area (Å²) in [5.41, 5.74) is 0.265. The summed E-state index contributed by atoms with van der Waals surface area (Å²) in [6, 6.07) is 7.00. The van der Waals surface area contributed by atoms with Crippen molar-refractivity contribution in [3.63, 3.8) is 0 Å². The molecule has 2 rings (SSSR count). The summed E-state index contributed by atoms with van der Waals surface area (Å²) >= 11 is 5.51. The molecule has 2 aromatic rings. The van der Waals surface area contributed by atoms with Crippen molar-refractivity contribution in [1.29, 1.82) is 0 Å². The SMILES string of the molecule is Cc1cccc(C(F)F)c1Oc1ccc(Cl)[n+]([O-])n1. The molecule has 0 aliphatic carbocycles. The highest BCUT2D eigenvalue weighted by atomic mass is 35.5. The first kappa shape index (κ1) is 13.5. The van der Waals surface area contributed by atoms with Gasteiger partial charge in [-0.1, -0.05) is 12.1 Å². The van der Waals surface area contributed by atoms with E-state index in [-0.39, 0.29) is 27.2 Å². The number of halogens is 3. The molecule has 7 heteroatoms. The summed E-state index contributed by atoms with van der Waals surface area (Å²) in [7, 11) is 0. The molecule has 0 amide bonds. The molecule has 0 saturated heterocycles. The van der Waals surface area contributed by atoms with Crippen LogP contribution in [0.4, 0.5) is 8.78 Å². The molecule has 1 heterocycles. The fraction of sp³-hybridized carbons (Fsp3) is 0.167. The van der Waals surface area contributed by atoms with Crippen molar-refractivity contribution in [3.8, 4) is 11.6 Å². The fourth-order valence-corrected chi connectivity index (χ4v) is 1.62. The lowest BCUT2D eigenvalue weighted by Crippen LogP contribution is -2.32. The van der Waals surface area contributed by atoms with E-state index >= 15 is 0 Å². The van der Waals surface area contributed by atoms with E-state index in [4.69, 9.17) is 16.3 Å². The van der Waals surface area contributed by atoms with Gasteiger partial charge in [-0.05, 0) is 35.0 Å². The normalized spacial score (nSPS) is 10.8. The second-order valence-electron chi connectivity index (χ2n) is 3.76. The van der Waals surface area contributed by atoms with E-state index in [1.165, 1.54) is 24.3 Å². The van der Waals surface area contributed by atoms with Gasteiger partial charge in [0, 0.05) is 12.1 Å². The minimum Gasteiger partial charge on any atom is -0.593 e. The predicted molar refractivity (Wildman–Crippen MR) is 64.4 cm³/mol. The molecule has 0 saturated carbocycles. The maximum atomic E-state index is 12.9. The summed E-state index contributed by atoms with van der Waals surface area (Å²) in [4.78, 5) is 0.150. The third kappa shape index (κ3) is 2.90. The van der Waals surface area contributed by atoms with E-state index in [9.17, 15) is 14.0 Å². The van der Waals surface area contributed by atoms with Gasteiger partial charge >= 0.3 is 5.15 Å². The van der Waals surface area contributed by atoms with Crippen molar-refractivity contribution < 1.29 is 18.4 Å². The number of hydrogen-bond acceptors (Lipinski definition) is 3. The van der Waals surface area contributed by atoms with Crippen LogP contribution in [0.2, 0.25) is 5.15 Å². The summed E-state index contributed by atoms with van der Waals surface area (Å²) in [5.74, 6) is -0.108. The average Bonchev–Trinajstić information content (AvgIpc) is 2.36. The number of nitrogens with zero attached hydrogens (tertiary/aromatic N) is 2. The van der Waals surface area contributed by atoms with Crippen molar-refractivity contribution in [1.82, 2.24) is 5.10 Å². The van der Waals surface area contributed by atoms with Crippen molar-refractivity contribution in [2.45, 2.75) is 13.3 Å². The Morgan fingerprint density at radius 3 is 2.68 bits per heavy atom. The molecule has 4 nitrogen and oxygen atoms in total. The Balaban J connectivity index is 2.40. The number of aromatic nitrogens is 2. The molecule has 19 heavy (non-hydrogen) atoms. The number of alkyl halides is 2. The van der Waals surface area contributed by atoms with Crippen LogP contribution in [-0.4, -0.2) is 5.10 Å². The van der Waals surface area contributed by atoms with Crippen LogP contribution in [0.5, 0.6) is 11.6 Å². The van der Waals surface area contributed by atoms with Gasteiger partial charge in [0.1, 0.15) is 5.75 Å². The van der Waals surface area contributed by atoms with Crippen LogP contribution in [-0.2, 0) is 0 Å². The zero-order valence-corrected chi connectivity index (χ0v) is 10.6. The fourth-order valence-electron chi connectivity index (χ4n) is 1.52. The van der Waals surface area contributed by atoms with Crippen LogP contribution in [0.25, 0.3) is 0 Å². The van der Waals surface area contributed by atoms with E-state index in [2.05, 4.69) is 5.10 Å². The highest BCUT2D eigenvalue weighted by Gasteiger charge is 2.18. The first-order valence-electron chi connectivity index (χ1n) is 5.31. The second-order valence-corrected chi connectivity index (χ2v) is 4.15. The smallest absolute Gasteiger partial charge is 0.313 e. The van der Waals surface area contributed by atoms with Gasteiger partial charge in [0.15, 0.2) is 0 Å². The lowest BCUT2D eigenvalue weighted by molar-refractivity contribution is -0.667. The maximum absolute atomic E-state index is 12.9. The van der Waals surface area contributed by atoms with Crippen molar-refractivity contribution in [2.75, 3.05) is 0 Å². The Morgan fingerprint density at radius 2 is 2.05 bits per heavy atom. The molecule has 0 aliphatic rings. The predicted octanol–water partition coefficient (Wildman–Crippen LogP) is 3.41. The highest BCUT2D eigenvalue weighted by Crippen LogP contribution is 2.34. The van der Waals surface area contributed by atoms with Gasteiger partial charge in [0.25, 0.3) is 12.3 Å². The summed E-state index contributed by atoms with van der Waals surface area (Å²) in [5, 5.41) is 14.5. The van der Waals surface area contributed by atoms with Gasteiger partial charge in [0.05, 0.1) is 10.7 Å². The number of para-hydroxylation sites is 1. The van der Waals surface area contributed by atoms with E-state index in [0.29, 0.717) is 5.56 Å². The maximum Gasteiger partial charge on any atom is 0.313 e. The third-order valence-corrected chi connectivity index (χ3v) is 2.69. The van der Waals surface area contributed by atoms with Crippen LogP contribution >= 0.6 is 11.6 Å². The monoisotopic (exact) mass is 286 g/mol. The Hall–Kier alpha value is -1.95. The van der Waals surface area contributed by atoms with Gasteiger partial charge < -0.3 is 9.94 Å². The molecule has 1 aromatic carbocycles. The Labute approximate surface area is 112 Å². The largest absolute Gasteiger partial charge is 0.593 e. The lowest BCUT2D eigenvalue weighted by atomic mass is 10.1. The standard InChI is InChI=1S/C12H9ClF2N2O2/c1-7-3-2-4-8(12(14)15)11(7)19-10-6-5-9(13)17(18)16-10/h2-6,12H,1H3. The Morgan fingerprint density at radius 1 is 1.32 bits per heavy atom. The van der Waals surface area contributed by atoms with Crippen molar-refractivity contribution >= 4 is 11.6 Å². The van der Waals surface area contributed by atoms with Gasteiger partial charge in [0.2, 0.25) is 0 Å². The van der Waals surface area contributed by atoms with Crippen LogP contribution in [0, 0.1) is 12.1 Å². The third-order valence-electron chi connectivity index (χ3n) is 2.42. The number of hydrogen-bond donors (Lipinski definition) is 0. The van der Waals surface area contributed by atoms with Crippen LogP contribution in [0.1, 0.15) is 17.6 Å². The number of rotatable bonds is 3. The summed E-state index contributed by atoms with van der Waals surface area (Å²) in [6.07, 6.45) is -2.68. The molecule has 1 aromatic heterocycles. The van der Waals surface area contributed by atoms with Crippen LogP contribution in [0.15, 0.2) is 30.3 Å². The van der Waals surface area contributed by atoms with E-state index < -0.39 is 6.43 Å². The van der Waals surface area contributed by atoms with Gasteiger partial charge in [-0.15, -0.1) is 0 Å². The molecule has 0 fully saturated rings. The first-order chi connectivity index (χ1) is 8.99. The van der Waals surface area contributed by atoms with Gasteiger partial charge in [-0.25, -0.2) is 8.78 Å². The Bertz CT molecular complexity index is 608. The molecule has 0 bridgehead atoms. The molecule has 0 radical (unpaired) electrons. The van der Waals surface area contributed by atoms with Crippen molar-refractivity contribution in [3.05, 3.63) is 51.8 Å². The van der Waals surface area contributed by atoms with Crippen LogP contribution in [0.3, 0.4) is 0 Å². The molecular weight excluding hydrogens is 278 g/mol. The molecule has 0 atom stereocenters. The zero-order chi connectivity index (χ0) is 14.0. The number of benzene rings is 1. The molecule has 0 unspecified atom stereocenters. The lowest BCUT2D eigenvalue weighted by Gasteiger charge is -2.11. The minimum absolute atomic E-state index is 0.00711. The Kier molecular flexibility index (Phi) is 3.80. The topological polar surface area (TPSA) is 49.1 Å². The number of ether oxygens (including phenoxy) is 1. The summed E-state index contributed by atoms with van der Waals surface area (Å²) < 4.78 is 31.0. The average molecular weight is 287 g/mol. The number of aryl methyl sites for hydroxylation is 1. The molecule has 0 aliphatic heterocycles. The van der Waals surface area contributed by atoms with E-state index in [1.807, 2.05) is 0 Å². The molecular formula is C12H9ClF2N2O2. The molecule has 0 N–H and O–H groups in total. The van der Waals surface area contributed by atoms with Gasteiger partial charge in [-0.2, -0.15) is 0 Å². The van der Waals surface area contributed by atoms with Gasteiger partial charge in [-0.3, -0.25) is 0 Å². The zero-order valence-electron chi connectivity index (χ0n) is 9.81. The molecule has 0 spiro atoms. The van der Waals surface area contributed by atoms with E-state index in [1.54, 1.807) is 13.0 Å². The second kappa shape index (κ2) is 5.36. The van der Waals surface area contributed by atoms with Crippen molar-refractivity contribution in [2.24, 2.45) is 0 Å². The van der Waals surface area contributed by atoms with E-state index in [0.717, 1.165) is 0 Å². The first-order valence-corrected chi connectivity index (χ1v) is 5.68. The molecule has 100 valence electrons.